The van der Waals surface area contributed by atoms with Gasteiger partial charge in [-0.25, -0.2) is 4.39 Å². The molecule has 1 aromatic carbocycles. The summed E-state index contributed by atoms with van der Waals surface area (Å²) in [5.41, 5.74) is 1.20. The van der Waals surface area contributed by atoms with Crippen LogP contribution in [-0.4, -0.2) is 5.75 Å². The van der Waals surface area contributed by atoms with Gasteiger partial charge in [0.15, 0.2) is 0 Å². The Labute approximate surface area is 87.5 Å². The van der Waals surface area contributed by atoms with Gasteiger partial charge in [0.1, 0.15) is 5.82 Å². The van der Waals surface area contributed by atoms with Gasteiger partial charge in [-0.3, -0.25) is 0 Å². The van der Waals surface area contributed by atoms with Crippen molar-refractivity contribution in [1.82, 2.24) is 0 Å². The molecule has 0 amide bonds. The van der Waals surface area contributed by atoms with Gasteiger partial charge in [0.2, 0.25) is 0 Å². The Morgan fingerprint density at radius 1 is 1.54 bits per heavy atom. The van der Waals surface area contributed by atoms with Gasteiger partial charge < -0.3 is 0 Å². The van der Waals surface area contributed by atoms with Gasteiger partial charge in [0.05, 0.1) is 11.3 Å². The summed E-state index contributed by atoms with van der Waals surface area (Å²) >= 11 is 9.63. The fraction of sp³-hybridized carbons (Fsp3) is 0.200. The molecule has 0 N–H and O–H groups in total. The SMILES string of the molecule is Cc1cc(C#CCS)c(F)cc1Cl. The zero-order valence-corrected chi connectivity index (χ0v) is 8.72. The van der Waals surface area contributed by atoms with Crippen molar-refractivity contribution >= 4 is 24.2 Å². The summed E-state index contributed by atoms with van der Waals surface area (Å²) in [7, 11) is 0. The first-order valence-corrected chi connectivity index (χ1v) is 4.71. The van der Waals surface area contributed by atoms with Crippen molar-refractivity contribution in [2.45, 2.75) is 6.92 Å². The van der Waals surface area contributed by atoms with Crippen molar-refractivity contribution in [3.05, 3.63) is 34.1 Å². The van der Waals surface area contributed by atoms with E-state index in [1.54, 1.807) is 6.07 Å². The summed E-state index contributed by atoms with van der Waals surface area (Å²) in [6.07, 6.45) is 0. The summed E-state index contributed by atoms with van der Waals surface area (Å²) in [6, 6.07) is 2.91. The Balaban J connectivity index is 3.16. The number of rotatable bonds is 0. The molecule has 0 aliphatic heterocycles. The third kappa shape index (κ3) is 2.65. The molecule has 0 saturated carbocycles. The molecular formula is C10H8ClFS. The molecule has 0 saturated heterocycles. The predicted molar refractivity (Wildman–Crippen MR) is 56.9 cm³/mol. The molecule has 0 unspecified atom stereocenters. The zero-order chi connectivity index (χ0) is 9.84. The van der Waals surface area contributed by atoms with Gasteiger partial charge in [-0.1, -0.05) is 23.4 Å². The second-order valence-electron chi connectivity index (χ2n) is 2.54. The number of thiol groups is 1. The highest BCUT2D eigenvalue weighted by atomic mass is 35.5. The summed E-state index contributed by atoms with van der Waals surface area (Å²) in [5.74, 6) is 5.39. The van der Waals surface area contributed by atoms with Gasteiger partial charge in [0, 0.05) is 5.02 Å². The lowest BCUT2D eigenvalue weighted by Crippen LogP contribution is -1.86. The summed E-state index contributed by atoms with van der Waals surface area (Å²) < 4.78 is 13.1. The molecule has 0 nitrogen and oxygen atoms in total. The van der Waals surface area contributed by atoms with E-state index in [9.17, 15) is 4.39 Å². The number of hydrogen-bond donors (Lipinski definition) is 1. The van der Waals surface area contributed by atoms with Gasteiger partial charge in [-0.2, -0.15) is 12.6 Å². The van der Waals surface area contributed by atoms with Crippen LogP contribution in [0.3, 0.4) is 0 Å². The second-order valence-corrected chi connectivity index (χ2v) is 3.26. The van der Waals surface area contributed by atoms with Crippen LogP contribution < -0.4 is 0 Å². The Hall–Kier alpha value is -0.650. The van der Waals surface area contributed by atoms with Gasteiger partial charge in [-0.05, 0) is 24.6 Å². The highest BCUT2D eigenvalue weighted by Crippen LogP contribution is 2.19. The van der Waals surface area contributed by atoms with E-state index in [4.69, 9.17) is 11.6 Å². The lowest BCUT2D eigenvalue weighted by molar-refractivity contribution is 0.624. The highest BCUT2D eigenvalue weighted by Gasteiger charge is 2.02. The number of halogens is 2. The molecule has 1 rings (SSSR count). The van der Waals surface area contributed by atoms with Crippen LogP contribution in [0.1, 0.15) is 11.1 Å². The van der Waals surface area contributed by atoms with Crippen molar-refractivity contribution in [3.63, 3.8) is 0 Å². The van der Waals surface area contributed by atoms with E-state index < -0.39 is 0 Å². The quantitative estimate of drug-likeness (QED) is 0.498. The largest absolute Gasteiger partial charge is 0.206 e. The average molecular weight is 215 g/mol. The van der Waals surface area contributed by atoms with Gasteiger partial charge in [0.25, 0.3) is 0 Å². The molecule has 1 aromatic rings. The minimum absolute atomic E-state index is 0.371. The maximum absolute atomic E-state index is 13.1. The minimum atomic E-state index is -0.384. The Morgan fingerprint density at radius 3 is 2.85 bits per heavy atom. The molecule has 0 aliphatic rings. The topological polar surface area (TPSA) is 0 Å². The van der Waals surface area contributed by atoms with Crippen molar-refractivity contribution < 1.29 is 4.39 Å². The third-order valence-corrected chi connectivity index (χ3v) is 2.12. The first-order chi connectivity index (χ1) is 6.15. The maximum Gasteiger partial charge on any atom is 0.140 e. The van der Waals surface area contributed by atoms with E-state index in [-0.39, 0.29) is 5.82 Å². The summed E-state index contributed by atoms with van der Waals surface area (Å²) in [4.78, 5) is 0. The average Bonchev–Trinajstić information content (AvgIpc) is 2.09. The molecule has 68 valence electrons. The Bertz CT molecular complexity index is 376. The lowest BCUT2D eigenvalue weighted by Gasteiger charge is -1.99. The molecule has 0 atom stereocenters. The molecule has 0 fully saturated rings. The minimum Gasteiger partial charge on any atom is -0.206 e. The van der Waals surface area contributed by atoms with Crippen molar-refractivity contribution in [2.24, 2.45) is 0 Å². The second kappa shape index (κ2) is 4.55. The zero-order valence-electron chi connectivity index (χ0n) is 7.06. The fourth-order valence-electron chi connectivity index (χ4n) is 0.888. The molecular weight excluding hydrogens is 207 g/mol. The van der Waals surface area contributed by atoms with E-state index in [1.165, 1.54) is 6.07 Å². The molecule has 13 heavy (non-hydrogen) atoms. The molecule has 0 spiro atoms. The Morgan fingerprint density at radius 2 is 2.23 bits per heavy atom. The van der Waals surface area contributed by atoms with Crippen molar-refractivity contribution in [3.8, 4) is 11.8 Å². The first kappa shape index (κ1) is 10.4. The molecule has 0 bridgehead atoms. The van der Waals surface area contributed by atoms with Gasteiger partial charge in [-0.15, -0.1) is 0 Å². The van der Waals surface area contributed by atoms with Crippen molar-refractivity contribution in [2.75, 3.05) is 5.75 Å². The first-order valence-electron chi connectivity index (χ1n) is 3.70. The van der Waals surface area contributed by atoms with Crippen molar-refractivity contribution in [1.29, 1.82) is 0 Å². The number of hydrogen-bond acceptors (Lipinski definition) is 1. The van der Waals surface area contributed by atoms with E-state index >= 15 is 0 Å². The molecule has 0 heterocycles. The van der Waals surface area contributed by atoms with Crippen LogP contribution in [0.2, 0.25) is 5.02 Å². The molecule has 3 heteroatoms. The van der Waals surface area contributed by atoms with Crippen LogP contribution in [0.25, 0.3) is 0 Å². The number of benzene rings is 1. The molecule has 0 radical (unpaired) electrons. The van der Waals surface area contributed by atoms with E-state index in [0.717, 1.165) is 5.56 Å². The number of aryl methyl sites for hydroxylation is 1. The van der Waals surface area contributed by atoms with Crippen LogP contribution in [-0.2, 0) is 0 Å². The smallest absolute Gasteiger partial charge is 0.140 e. The Kier molecular flexibility index (Phi) is 3.65. The lowest BCUT2D eigenvalue weighted by atomic mass is 10.1. The normalized spacial score (nSPS) is 9.23. The highest BCUT2D eigenvalue weighted by molar-refractivity contribution is 7.80. The fourth-order valence-corrected chi connectivity index (χ4v) is 1.12. The van der Waals surface area contributed by atoms with Crippen LogP contribution in [0, 0.1) is 24.6 Å². The van der Waals surface area contributed by atoms with Crippen LogP contribution in [0.15, 0.2) is 12.1 Å². The summed E-state index contributed by atoms with van der Waals surface area (Å²) in [5, 5.41) is 0.425. The van der Waals surface area contributed by atoms with E-state index in [0.29, 0.717) is 16.3 Å². The summed E-state index contributed by atoms with van der Waals surface area (Å²) in [6.45, 7) is 1.81. The van der Waals surface area contributed by atoms with Crippen LogP contribution in [0.4, 0.5) is 4.39 Å². The van der Waals surface area contributed by atoms with Crippen LogP contribution in [0.5, 0.6) is 0 Å². The monoisotopic (exact) mass is 214 g/mol. The maximum atomic E-state index is 13.1. The van der Waals surface area contributed by atoms with Gasteiger partial charge >= 0.3 is 0 Å². The third-order valence-electron chi connectivity index (χ3n) is 1.55. The standard InChI is InChI=1S/C10H8ClFS/c1-7-5-8(3-2-4-13)10(12)6-9(7)11/h5-6,13H,4H2,1H3. The van der Waals surface area contributed by atoms with E-state index in [1.807, 2.05) is 6.92 Å². The molecule has 0 aliphatic carbocycles. The van der Waals surface area contributed by atoms with E-state index in [2.05, 4.69) is 24.5 Å². The predicted octanol–water partition coefficient (Wildman–Crippen LogP) is 3.07. The molecule has 0 aromatic heterocycles. The van der Waals surface area contributed by atoms with Crippen LogP contribution >= 0.6 is 24.2 Å².